The maximum Gasteiger partial charge on any atom is 0.176 e. The fraction of sp³-hybridized carbons (Fsp3) is 0.511. The Balaban J connectivity index is 0.000000148. The SMILES string of the molecule is Cn1cnnc1-c1ccc2c(c1)-c1c(ncnc1NC1CCC(N3CCOCC3)CC1)C2.NCC(=O)c1ccc2c(c1)-c1c(ncnc1NC1CCC(N3CCOCC3)CC1)C2. The van der Waals surface area contributed by atoms with E-state index in [1.54, 1.807) is 19.0 Å². The summed E-state index contributed by atoms with van der Waals surface area (Å²) in [7, 11) is 1.97. The number of benzene rings is 2. The minimum atomic E-state index is -0.0426. The standard InChI is InChI=1S/C24H29N7O.C23H29N5O2/c1-30-15-27-29-24(30)17-3-2-16-13-21-22(20(16)12-17)23(26-14-25-21)28-18-4-6-19(7-5-18)31-8-10-32-11-9-31;24-13-21(29)16-2-1-15-12-20-22(19(15)11-16)23(26-14-25-20)27-17-3-5-18(6-4-17)28-7-9-30-10-8-28/h2-3,12,14-15,18-19H,4-11,13H2,1H3,(H,25,26,28);1-2,11,14,17-18H,3-10,12-13,24H2,(H,25,26,27). The highest BCUT2D eigenvalue weighted by atomic mass is 16.5. The molecule has 5 heterocycles. The molecule has 2 aliphatic heterocycles. The Kier molecular flexibility index (Phi) is 12.0. The van der Waals surface area contributed by atoms with Crippen LogP contribution in [0.2, 0.25) is 0 Å². The summed E-state index contributed by atoms with van der Waals surface area (Å²) in [6, 6.07) is 14.6. The van der Waals surface area contributed by atoms with Crippen LogP contribution in [0, 0.1) is 0 Å². The molecule has 4 fully saturated rings. The zero-order chi connectivity index (χ0) is 42.0. The van der Waals surface area contributed by atoms with Gasteiger partial charge >= 0.3 is 0 Å². The lowest BCUT2D eigenvalue weighted by atomic mass is 9.89. The third-order valence-electron chi connectivity index (χ3n) is 14.0. The molecule has 3 aromatic heterocycles. The van der Waals surface area contributed by atoms with Crippen LogP contribution in [0.5, 0.6) is 0 Å². The molecule has 5 aromatic rings. The number of rotatable bonds is 9. The fourth-order valence-electron chi connectivity index (χ4n) is 10.6. The molecular formula is C47H58N12O3. The minimum Gasteiger partial charge on any atom is -0.379 e. The van der Waals surface area contributed by atoms with Gasteiger partial charge in [-0.25, -0.2) is 19.9 Å². The number of nitrogens with zero attached hydrogens (tertiary/aromatic N) is 9. The van der Waals surface area contributed by atoms with Gasteiger partial charge in [0.1, 0.15) is 30.6 Å². The number of ketones is 1. The van der Waals surface area contributed by atoms with Gasteiger partial charge in [-0.3, -0.25) is 14.6 Å². The van der Waals surface area contributed by atoms with E-state index >= 15 is 0 Å². The molecule has 2 saturated heterocycles. The molecule has 324 valence electrons. The Morgan fingerprint density at radius 2 is 1.21 bits per heavy atom. The zero-order valence-electron chi connectivity index (χ0n) is 35.8. The van der Waals surface area contributed by atoms with Gasteiger partial charge in [0.2, 0.25) is 0 Å². The van der Waals surface area contributed by atoms with Crippen molar-refractivity contribution in [3.8, 4) is 33.6 Å². The number of hydrogen-bond acceptors (Lipinski definition) is 14. The molecule has 0 spiro atoms. The number of aryl methyl sites for hydroxylation is 1. The van der Waals surface area contributed by atoms with Gasteiger partial charge in [-0.2, -0.15) is 0 Å². The summed E-state index contributed by atoms with van der Waals surface area (Å²) in [6.45, 7) is 7.76. The topological polar surface area (TPSA) is 174 Å². The number of carbonyl (C=O) groups excluding carboxylic acids is 1. The molecule has 4 N–H and O–H groups in total. The van der Waals surface area contributed by atoms with E-state index in [4.69, 9.17) is 15.2 Å². The van der Waals surface area contributed by atoms with Crippen LogP contribution < -0.4 is 16.4 Å². The van der Waals surface area contributed by atoms with Crippen molar-refractivity contribution >= 4 is 17.4 Å². The second kappa shape index (κ2) is 18.3. The van der Waals surface area contributed by atoms with Crippen LogP contribution in [0.1, 0.15) is 84.2 Å². The highest BCUT2D eigenvalue weighted by Crippen LogP contribution is 2.43. The van der Waals surface area contributed by atoms with Crippen LogP contribution in [0.3, 0.4) is 0 Å². The summed E-state index contributed by atoms with van der Waals surface area (Å²) in [5.74, 6) is 2.69. The number of hydrogen-bond donors (Lipinski definition) is 3. The lowest BCUT2D eigenvalue weighted by molar-refractivity contribution is 0.00788. The predicted molar refractivity (Wildman–Crippen MR) is 238 cm³/mol. The average molecular weight is 839 g/mol. The average Bonchev–Trinajstić information content (AvgIpc) is 4.05. The zero-order valence-corrected chi connectivity index (χ0v) is 35.8. The van der Waals surface area contributed by atoms with Crippen molar-refractivity contribution in [2.75, 3.05) is 69.8 Å². The van der Waals surface area contributed by atoms with E-state index in [1.807, 2.05) is 29.8 Å². The summed E-state index contributed by atoms with van der Waals surface area (Å²) in [5, 5.41) is 15.8. The molecule has 6 aliphatic rings. The quantitative estimate of drug-likeness (QED) is 0.163. The van der Waals surface area contributed by atoms with Crippen molar-refractivity contribution in [2.45, 2.75) is 88.4 Å². The van der Waals surface area contributed by atoms with Crippen LogP contribution >= 0.6 is 0 Å². The predicted octanol–water partition coefficient (Wildman–Crippen LogP) is 5.14. The Morgan fingerprint density at radius 3 is 1.71 bits per heavy atom. The van der Waals surface area contributed by atoms with E-state index < -0.39 is 0 Å². The van der Waals surface area contributed by atoms with Gasteiger partial charge < -0.3 is 30.4 Å². The van der Waals surface area contributed by atoms with Crippen molar-refractivity contribution in [3.63, 3.8) is 0 Å². The first-order chi connectivity index (χ1) is 30.5. The number of anilines is 2. The molecule has 15 nitrogen and oxygen atoms in total. The molecule has 62 heavy (non-hydrogen) atoms. The van der Waals surface area contributed by atoms with Gasteiger partial charge in [-0.05, 0) is 85.8 Å². The van der Waals surface area contributed by atoms with Crippen molar-refractivity contribution in [1.29, 1.82) is 0 Å². The first kappa shape index (κ1) is 40.9. The van der Waals surface area contributed by atoms with Crippen LogP contribution in [0.4, 0.5) is 11.6 Å². The van der Waals surface area contributed by atoms with Gasteiger partial charge in [-0.1, -0.05) is 24.3 Å². The maximum absolute atomic E-state index is 12.1. The minimum absolute atomic E-state index is 0.0222. The fourth-order valence-corrected chi connectivity index (χ4v) is 10.6. The molecular weight excluding hydrogens is 781 g/mol. The number of Topliss-reactive ketones (excluding diaryl/α,β-unsaturated/α-hetero) is 1. The normalized spacial score (nSPS) is 23.3. The third kappa shape index (κ3) is 8.48. The summed E-state index contributed by atoms with van der Waals surface area (Å²) in [4.78, 5) is 35.7. The molecule has 2 saturated carbocycles. The van der Waals surface area contributed by atoms with Gasteiger partial charge in [-0.15, -0.1) is 10.2 Å². The van der Waals surface area contributed by atoms with E-state index in [-0.39, 0.29) is 12.3 Å². The highest BCUT2D eigenvalue weighted by Gasteiger charge is 2.32. The summed E-state index contributed by atoms with van der Waals surface area (Å²) in [6.07, 6.45) is 16.2. The number of nitrogens with two attached hydrogens (primary N) is 1. The lowest BCUT2D eigenvalue weighted by Crippen LogP contribution is -2.46. The largest absolute Gasteiger partial charge is 0.379 e. The van der Waals surface area contributed by atoms with Gasteiger partial charge in [0, 0.05) is 92.5 Å². The molecule has 0 radical (unpaired) electrons. The maximum atomic E-state index is 12.1. The lowest BCUT2D eigenvalue weighted by Gasteiger charge is -2.39. The molecule has 2 aromatic carbocycles. The monoisotopic (exact) mass is 838 g/mol. The number of nitrogens with one attached hydrogen (secondary N) is 2. The van der Waals surface area contributed by atoms with E-state index in [1.165, 1.54) is 55.2 Å². The van der Waals surface area contributed by atoms with Crippen LogP contribution in [-0.2, 0) is 29.4 Å². The smallest absolute Gasteiger partial charge is 0.176 e. The highest BCUT2D eigenvalue weighted by molar-refractivity contribution is 6.00. The number of ether oxygens (including phenoxy) is 2. The Morgan fingerprint density at radius 1 is 0.694 bits per heavy atom. The second-order valence-electron chi connectivity index (χ2n) is 17.7. The second-order valence-corrected chi connectivity index (χ2v) is 17.7. The molecule has 0 atom stereocenters. The third-order valence-corrected chi connectivity index (χ3v) is 14.0. The molecule has 4 aliphatic carbocycles. The van der Waals surface area contributed by atoms with E-state index in [9.17, 15) is 4.79 Å². The number of carbonyl (C=O) groups is 1. The van der Waals surface area contributed by atoms with E-state index in [2.05, 4.69) is 68.8 Å². The van der Waals surface area contributed by atoms with Crippen LogP contribution in [-0.4, -0.2) is 134 Å². The first-order valence-electron chi connectivity index (χ1n) is 22.7. The van der Waals surface area contributed by atoms with E-state index in [0.717, 1.165) is 129 Å². The molecule has 0 unspecified atom stereocenters. The Bertz CT molecular complexity index is 2380. The summed E-state index contributed by atoms with van der Waals surface area (Å²) >= 11 is 0. The van der Waals surface area contributed by atoms with Crippen molar-refractivity contribution in [3.05, 3.63) is 83.5 Å². The number of fused-ring (bicyclic) bond motifs is 6. The van der Waals surface area contributed by atoms with Gasteiger partial charge in [0.25, 0.3) is 0 Å². The van der Waals surface area contributed by atoms with Gasteiger partial charge in [0.15, 0.2) is 11.6 Å². The Hall–Kier alpha value is -5.19. The number of aromatic nitrogens is 7. The van der Waals surface area contributed by atoms with E-state index in [0.29, 0.717) is 29.7 Å². The first-order valence-corrected chi connectivity index (χ1v) is 22.7. The number of morpholine rings is 2. The van der Waals surface area contributed by atoms with Crippen molar-refractivity contribution in [1.82, 2.24) is 44.5 Å². The van der Waals surface area contributed by atoms with Crippen molar-refractivity contribution in [2.24, 2.45) is 12.8 Å². The summed E-state index contributed by atoms with van der Waals surface area (Å²) in [5.41, 5.74) is 16.4. The van der Waals surface area contributed by atoms with Crippen LogP contribution in [0.15, 0.2) is 55.4 Å². The Labute approximate surface area is 363 Å². The molecule has 0 amide bonds. The molecule has 15 heteroatoms. The molecule has 0 bridgehead atoms. The summed E-state index contributed by atoms with van der Waals surface area (Å²) < 4.78 is 13.0. The van der Waals surface area contributed by atoms with Crippen LogP contribution in [0.25, 0.3) is 33.6 Å². The van der Waals surface area contributed by atoms with Crippen molar-refractivity contribution < 1.29 is 14.3 Å². The van der Waals surface area contributed by atoms with Gasteiger partial charge in [0.05, 0.1) is 44.4 Å². The molecule has 11 rings (SSSR count).